The molecule has 2 aliphatic heterocycles. The van der Waals surface area contributed by atoms with Gasteiger partial charge in [0.1, 0.15) is 11.9 Å². The number of Topliss-reactive ketones (excluding diaryl/α,β-unsaturated/α-hetero) is 1. The van der Waals surface area contributed by atoms with Crippen molar-refractivity contribution >= 4 is 11.7 Å². The van der Waals surface area contributed by atoms with Gasteiger partial charge >= 0.3 is 0 Å². The largest absolute Gasteiger partial charge is 0.454 e. The Labute approximate surface area is 183 Å². The number of carbonyl (C=O) groups is 1. The van der Waals surface area contributed by atoms with E-state index < -0.39 is 6.04 Å². The summed E-state index contributed by atoms with van der Waals surface area (Å²) >= 11 is 0. The first-order chi connectivity index (χ1) is 15.4. The lowest BCUT2D eigenvalue weighted by Crippen LogP contribution is -2.36. The first-order valence-corrected chi connectivity index (χ1v) is 10.5. The van der Waals surface area contributed by atoms with Crippen molar-refractivity contribution < 1.29 is 18.7 Å². The number of nitrogens with zero attached hydrogens (tertiary/aromatic N) is 3. The van der Waals surface area contributed by atoms with Crippen molar-refractivity contribution in [3.05, 3.63) is 65.1 Å². The van der Waals surface area contributed by atoms with Crippen molar-refractivity contribution in [1.29, 1.82) is 0 Å². The predicted octanol–water partition coefficient (Wildman–Crippen LogP) is 4.47. The molecule has 2 aromatic carbocycles. The summed E-state index contributed by atoms with van der Waals surface area (Å²) in [7, 11) is 0. The third-order valence-electron chi connectivity index (χ3n) is 6.15. The number of carbonyl (C=O) groups excluding carboxylic acids is 1. The SMILES string of the molecule is CC1(C)CC(=O)C2=C(C1)Nc1nc(-c3ccc(F)cc3)nn1C2c1ccc2c(c1)OCO2. The van der Waals surface area contributed by atoms with E-state index in [9.17, 15) is 9.18 Å². The minimum absolute atomic E-state index is 0.0934. The molecule has 8 heteroatoms. The van der Waals surface area contributed by atoms with Gasteiger partial charge in [0.05, 0.1) is 0 Å². The molecule has 0 spiro atoms. The molecule has 1 N–H and O–H groups in total. The minimum Gasteiger partial charge on any atom is -0.454 e. The zero-order valence-electron chi connectivity index (χ0n) is 17.7. The molecule has 0 radical (unpaired) electrons. The molecule has 1 aliphatic carbocycles. The van der Waals surface area contributed by atoms with E-state index in [1.165, 1.54) is 12.1 Å². The number of aromatic nitrogens is 3. The van der Waals surface area contributed by atoms with Crippen LogP contribution in [0.2, 0.25) is 0 Å². The van der Waals surface area contributed by atoms with E-state index in [0.717, 1.165) is 17.7 Å². The Hall–Kier alpha value is -3.68. The number of ether oxygens (including phenoxy) is 2. The van der Waals surface area contributed by atoms with Crippen LogP contribution in [0.15, 0.2) is 53.7 Å². The molecule has 3 heterocycles. The van der Waals surface area contributed by atoms with Gasteiger partial charge in [-0.25, -0.2) is 9.07 Å². The summed E-state index contributed by atoms with van der Waals surface area (Å²) in [6.07, 6.45) is 1.19. The molecule has 162 valence electrons. The van der Waals surface area contributed by atoms with E-state index in [1.807, 2.05) is 18.2 Å². The fourth-order valence-corrected chi connectivity index (χ4v) is 4.72. The normalized spacial score (nSPS) is 20.6. The number of nitrogens with one attached hydrogen (secondary N) is 1. The second kappa shape index (κ2) is 6.66. The topological polar surface area (TPSA) is 78.3 Å². The standard InChI is InChI=1S/C24H21FN4O3/c1-24(2)10-16-20(17(30)11-24)21(14-5-8-18-19(9-14)32-12-31-18)29-23(26-16)27-22(28-29)13-3-6-15(25)7-4-13/h3-9,21H,10-12H2,1-2H3,(H,26,27,28). The van der Waals surface area contributed by atoms with E-state index in [2.05, 4.69) is 24.1 Å². The molecule has 0 fully saturated rings. The lowest BCUT2D eigenvalue weighted by Gasteiger charge is -2.38. The number of allylic oxidation sites excluding steroid dienone is 2. The Bertz CT molecular complexity index is 1290. The second-order valence-corrected chi connectivity index (χ2v) is 9.18. The van der Waals surface area contributed by atoms with E-state index in [1.54, 1.807) is 16.8 Å². The maximum Gasteiger partial charge on any atom is 0.231 e. The number of halogens is 1. The van der Waals surface area contributed by atoms with Crippen molar-refractivity contribution in [2.45, 2.75) is 32.7 Å². The lowest BCUT2D eigenvalue weighted by atomic mass is 9.73. The van der Waals surface area contributed by atoms with E-state index in [-0.39, 0.29) is 23.8 Å². The number of ketones is 1. The summed E-state index contributed by atoms with van der Waals surface area (Å²) in [5.74, 6) is 2.11. The first kappa shape index (κ1) is 19.0. The molecule has 1 atom stereocenters. The van der Waals surface area contributed by atoms with Crippen LogP contribution in [-0.4, -0.2) is 27.3 Å². The summed E-state index contributed by atoms with van der Waals surface area (Å²) in [4.78, 5) is 18.0. The highest BCUT2D eigenvalue weighted by atomic mass is 19.1. The molecule has 6 rings (SSSR count). The number of anilines is 1. The highest BCUT2D eigenvalue weighted by Gasteiger charge is 2.42. The van der Waals surface area contributed by atoms with E-state index in [0.29, 0.717) is 40.8 Å². The smallest absolute Gasteiger partial charge is 0.231 e. The van der Waals surface area contributed by atoms with Crippen LogP contribution in [0.5, 0.6) is 11.5 Å². The maximum absolute atomic E-state index is 13.4. The van der Waals surface area contributed by atoms with Crippen LogP contribution in [-0.2, 0) is 4.79 Å². The predicted molar refractivity (Wildman–Crippen MR) is 115 cm³/mol. The number of rotatable bonds is 2. The van der Waals surface area contributed by atoms with Gasteiger partial charge in [0, 0.05) is 23.3 Å². The number of fused-ring (bicyclic) bond motifs is 2. The maximum atomic E-state index is 13.4. The molecule has 0 amide bonds. The molecule has 3 aliphatic rings. The van der Waals surface area contributed by atoms with E-state index in [4.69, 9.17) is 14.6 Å². The van der Waals surface area contributed by atoms with Crippen LogP contribution in [0.4, 0.5) is 10.3 Å². The Kier molecular flexibility index (Phi) is 3.96. The van der Waals surface area contributed by atoms with Gasteiger partial charge in [-0.2, -0.15) is 4.98 Å². The third kappa shape index (κ3) is 2.97. The fourth-order valence-electron chi connectivity index (χ4n) is 4.72. The number of hydrogen-bond donors (Lipinski definition) is 1. The molecular weight excluding hydrogens is 411 g/mol. The molecule has 3 aromatic rings. The Morgan fingerprint density at radius 2 is 1.88 bits per heavy atom. The average Bonchev–Trinajstić information content (AvgIpc) is 3.38. The third-order valence-corrected chi connectivity index (χ3v) is 6.15. The zero-order valence-corrected chi connectivity index (χ0v) is 17.7. The molecule has 1 aromatic heterocycles. The summed E-state index contributed by atoms with van der Waals surface area (Å²) < 4.78 is 26.2. The van der Waals surface area contributed by atoms with Crippen LogP contribution < -0.4 is 14.8 Å². The van der Waals surface area contributed by atoms with Gasteiger partial charge in [0.25, 0.3) is 0 Å². The molecule has 0 saturated heterocycles. The van der Waals surface area contributed by atoms with Crippen molar-refractivity contribution in [2.24, 2.45) is 5.41 Å². The summed E-state index contributed by atoms with van der Waals surface area (Å²) in [5, 5.41) is 8.08. The summed E-state index contributed by atoms with van der Waals surface area (Å²) in [6.45, 7) is 4.36. The van der Waals surface area contributed by atoms with Gasteiger partial charge in [0.2, 0.25) is 12.7 Å². The van der Waals surface area contributed by atoms with E-state index >= 15 is 0 Å². The van der Waals surface area contributed by atoms with Crippen molar-refractivity contribution in [3.8, 4) is 22.9 Å². The van der Waals surface area contributed by atoms with Gasteiger partial charge in [-0.15, -0.1) is 5.10 Å². The minimum atomic E-state index is -0.443. The number of benzene rings is 2. The molecule has 32 heavy (non-hydrogen) atoms. The molecular formula is C24H21FN4O3. The number of hydrogen-bond acceptors (Lipinski definition) is 6. The second-order valence-electron chi connectivity index (χ2n) is 9.18. The van der Waals surface area contributed by atoms with Crippen LogP contribution in [0.1, 0.15) is 38.3 Å². The molecule has 1 unspecified atom stereocenters. The average molecular weight is 432 g/mol. The summed E-state index contributed by atoms with van der Waals surface area (Å²) in [6, 6.07) is 11.3. The van der Waals surface area contributed by atoms with Gasteiger partial charge < -0.3 is 14.8 Å². The molecule has 0 bridgehead atoms. The van der Waals surface area contributed by atoms with Crippen LogP contribution >= 0.6 is 0 Å². The van der Waals surface area contributed by atoms with Gasteiger partial charge in [-0.1, -0.05) is 19.9 Å². The van der Waals surface area contributed by atoms with Crippen LogP contribution in [0.25, 0.3) is 11.4 Å². The van der Waals surface area contributed by atoms with Crippen molar-refractivity contribution in [3.63, 3.8) is 0 Å². The Morgan fingerprint density at radius 3 is 2.69 bits per heavy atom. The Balaban J connectivity index is 1.52. The fraction of sp³-hybridized carbons (Fsp3) is 0.292. The van der Waals surface area contributed by atoms with Gasteiger partial charge in [0.15, 0.2) is 23.1 Å². The quantitative estimate of drug-likeness (QED) is 0.644. The molecule has 0 saturated carbocycles. The van der Waals surface area contributed by atoms with Gasteiger partial charge in [-0.05, 0) is 53.8 Å². The zero-order chi connectivity index (χ0) is 22.0. The van der Waals surface area contributed by atoms with Crippen molar-refractivity contribution in [1.82, 2.24) is 14.8 Å². The monoisotopic (exact) mass is 432 g/mol. The van der Waals surface area contributed by atoms with Crippen LogP contribution in [0, 0.1) is 11.2 Å². The lowest BCUT2D eigenvalue weighted by molar-refractivity contribution is -0.118. The highest BCUT2D eigenvalue weighted by molar-refractivity contribution is 6.00. The van der Waals surface area contributed by atoms with Gasteiger partial charge in [-0.3, -0.25) is 4.79 Å². The van der Waals surface area contributed by atoms with Crippen molar-refractivity contribution in [2.75, 3.05) is 12.1 Å². The summed E-state index contributed by atoms with van der Waals surface area (Å²) in [5.41, 5.74) is 2.99. The molecule has 7 nitrogen and oxygen atoms in total. The first-order valence-electron chi connectivity index (χ1n) is 10.5. The van der Waals surface area contributed by atoms with Crippen LogP contribution in [0.3, 0.4) is 0 Å². The Morgan fingerprint density at radius 1 is 1.09 bits per heavy atom. The highest BCUT2D eigenvalue weighted by Crippen LogP contribution is 2.47.